The molecule has 1 heterocycles. The van der Waals surface area contributed by atoms with Gasteiger partial charge in [0.1, 0.15) is 0 Å². The lowest BCUT2D eigenvalue weighted by Crippen LogP contribution is -2.38. The maximum Gasteiger partial charge on any atom is 0.253 e. The Bertz CT molecular complexity index is 448. The van der Waals surface area contributed by atoms with Crippen molar-refractivity contribution in [1.82, 2.24) is 5.32 Å². The molecule has 0 radical (unpaired) electrons. The van der Waals surface area contributed by atoms with E-state index in [1.165, 1.54) is 0 Å². The summed E-state index contributed by atoms with van der Waals surface area (Å²) in [6.07, 6.45) is 0.848. The van der Waals surface area contributed by atoms with Gasteiger partial charge in [-0.05, 0) is 18.6 Å². The third-order valence-electron chi connectivity index (χ3n) is 3.25. The van der Waals surface area contributed by atoms with Crippen molar-refractivity contribution in [2.75, 3.05) is 37.4 Å². The molecule has 0 aliphatic carbocycles. The molecule has 0 fully saturated rings. The van der Waals surface area contributed by atoms with E-state index in [-0.39, 0.29) is 11.9 Å². The first kappa shape index (κ1) is 13.7. The Morgan fingerprint density at radius 2 is 2.21 bits per heavy atom. The summed E-state index contributed by atoms with van der Waals surface area (Å²) >= 11 is 0. The van der Waals surface area contributed by atoms with Gasteiger partial charge in [0.2, 0.25) is 0 Å². The molecule has 0 bridgehead atoms. The number of ether oxygens (including phenoxy) is 1. The Labute approximate surface area is 113 Å². The predicted octanol–water partition coefficient (Wildman–Crippen LogP) is 1.68. The number of amides is 1. The number of fused-ring (bicyclic) bond motifs is 1. The lowest BCUT2D eigenvalue weighted by molar-refractivity contribution is 0.0895. The molecule has 5 heteroatoms. The molecule has 0 spiro atoms. The maximum absolute atomic E-state index is 12.3. The smallest absolute Gasteiger partial charge is 0.253 e. The number of carbonyl (C=O) groups is 1. The van der Waals surface area contributed by atoms with E-state index < -0.39 is 0 Å². The molecule has 0 saturated heterocycles. The minimum atomic E-state index is -0.0584. The van der Waals surface area contributed by atoms with E-state index in [0.29, 0.717) is 12.2 Å². The van der Waals surface area contributed by atoms with Crippen LogP contribution in [0.1, 0.15) is 23.7 Å². The number of benzene rings is 1. The Morgan fingerprint density at radius 3 is 2.95 bits per heavy atom. The molecule has 104 valence electrons. The van der Waals surface area contributed by atoms with Crippen LogP contribution in [0.15, 0.2) is 18.2 Å². The van der Waals surface area contributed by atoms with Crippen LogP contribution in [-0.2, 0) is 4.74 Å². The molecule has 1 aromatic carbocycles. The summed E-state index contributed by atoms with van der Waals surface area (Å²) in [5, 5.41) is 9.57. The standard InChI is InChI=1S/C14H21N3O2/c1-3-10(9-19-2)17-14(18)11-5-4-6-12-13(11)16-8-7-15-12/h4-6,10,15-16H,3,7-9H2,1-2H3,(H,17,18). The minimum Gasteiger partial charge on any atom is -0.383 e. The zero-order valence-corrected chi connectivity index (χ0v) is 11.5. The Kier molecular flexibility index (Phi) is 4.63. The first-order chi connectivity index (χ1) is 9.26. The normalized spacial score (nSPS) is 14.8. The van der Waals surface area contributed by atoms with E-state index >= 15 is 0 Å². The number of anilines is 2. The highest BCUT2D eigenvalue weighted by Crippen LogP contribution is 2.28. The second kappa shape index (κ2) is 6.43. The lowest BCUT2D eigenvalue weighted by Gasteiger charge is -2.23. The van der Waals surface area contributed by atoms with Crippen molar-refractivity contribution in [3.63, 3.8) is 0 Å². The van der Waals surface area contributed by atoms with E-state index in [0.717, 1.165) is 30.9 Å². The zero-order valence-electron chi connectivity index (χ0n) is 11.5. The monoisotopic (exact) mass is 263 g/mol. The van der Waals surface area contributed by atoms with Gasteiger partial charge in [0, 0.05) is 20.2 Å². The molecule has 1 aromatic rings. The van der Waals surface area contributed by atoms with E-state index in [9.17, 15) is 4.79 Å². The lowest BCUT2D eigenvalue weighted by atomic mass is 10.1. The average molecular weight is 263 g/mol. The van der Waals surface area contributed by atoms with Gasteiger partial charge in [0.05, 0.1) is 29.6 Å². The van der Waals surface area contributed by atoms with Gasteiger partial charge in [-0.15, -0.1) is 0 Å². The van der Waals surface area contributed by atoms with Crippen molar-refractivity contribution >= 4 is 17.3 Å². The first-order valence-corrected chi connectivity index (χ1v) is 6.66. The number of rotatable bonds is 5. The van der Waals surface area contributed by atoms with Gasteiger partial charge in [-0.1, -0.05) is 13.0 Å². The molecule has 2 rings (SSSR count). The summed E-state index contributed by atoms with van der Waals surface area (Å²) in [6.45, 7) is 4.26. The highest BCUT2D eigenvalue weighted by molar-refractivity contribution is 6.02. The summed E-state index contributed by atoms with van der Waals surface area (Å²) in [4.78, 5) is 12.3. The summed E-state index contributed by atoms with van der Waals surface area (Å²) in [7, 11) is 1.64. The fourth-order valence-electron chi connectivity index (χ4n) is 2.19. The van der Waals surface area contributed by atoms with Gasteiger partial charge in [0.25, 0.3) is 5.91 Å². The fraction of sp³-hybridized carbons (Fsp3) is 0.500. The van der Waals surface area contributed by atoms with Crippen LogP contribution < -0.4 is 16.0 Å². The molecule has 1 amide bonds. The Hall–Kier alpha value is -1.75. The Morgan fingerprint density at radius 1 is 1.42 bits per heavy atom. The summed E-state index contributed by atoms with van der Waals surface area (Å²) < 4.78 is 5.10. The van der Waals surface area contributed by atoms with Crippen LogP contribution in [0.4, 0.5) is 11.4 Å². The fourth-order valence-corrected chi connectivity index (χ4v) is 2.19. The van der Waals surface area contributed by atoms with Gasteiger partial charge in [-0.25, -0.2) is 0 Å². The SMILES string of the molecule is CCC(COC)NC(=O)c1cccc2c1NCCN2. The van der Waals surface area contributed by atoms with Crippen LogP contribution in [0.3, 0.4) is 0 Å². The van der Waals surface area contributed by atoms with Crippen molar-refractivity contribution in [1.29, 1.82) is 0 Å². The van der Waals surface area contributed by atoms with Crippen LogP contribution in [0.2, 0.25) is 0 Å². The first-order valence-electron chi connectivity index (χ1n) is 6.66. The molecule has 1 aliphatic rings. The number of hydrogen-bond acceptors (Lipinski definition) is 4. The quantitative estimate of drug-likeness (QED) is 0.756. The predicted molar refractivity (Wildman–Crippen MR) is 76.8 cm³/mol. The summed E-state index contributed by atoms with van der Waals surface area (Å²) in [5.74, 6) is -0.0584. The summed E-state index contributed by atoms with van der Waals surface area (Å²) in [5.41, 5.74) is 2.55. The second-order valence-corrected chi connectivity index (χ2v) is 4.62. The van der Waals surface area contributed by atoms with Gasteiger partial charge in [-0.3, -0.25) is 4.79 Å². The van der Waals surface area contributed by atoms with Gasteiger partial charge in [-0.2, -0.15) is 0 Å². The van der Waals surface area contributed by atoms with Crippen molar-refractivity contribution in [2.24, 2.45) is 0 Å². The third kappa shape index (κ3) is 3.17. The maximum atomic E-state index is 12.3. The van der Waals surface area contributed by atoms with E-state index in [1.54, 1.807) is 7.11 Å². The topological polar surface area (TPSA) is 62.4 Å². The zero-order chi connectivity index (χ0) is 13.7. The van der Waals surface area contributed by atoms with Crippen molar-refractivity contribution in [3.8, 4) is 0 Å². The third-order valence-corrected chi connectivity index (χ3v) is 3.25. The van der Waals surface area contributed by atoms with Gasteiger partial charge >= 0.3 is 0 Å². The molecule has 19 heavy (non-hydrogen) atoms. The van der Waals surface area contributed by atoms with Gasteiger partial charge in [0.15, 0.2) is 0 Å². The van der Waals surface area contributed by atoms with E-state index in [4.69, 9.17) is 4.74 Å². The number of para-hydroxylation sites is 1. The molecule has 1 atom stereocenters. The number of carbonyl (C=O) groups excluding carboxylic acids is 1. The summed E-state index contributed by atoms with van der Waals surface area (Å²) in [6, 6.07) is 5.76. The highest BCUT2D eigenvalue weighted by Gasteiger charge is 2.19. The number of hydrogen-bond donors (Lipinski definition) is 3. The van der Waals surface area contributed by atoms with Crippen LogP contribution in [0.5, 0.6) is 0 Å². The Balaban J connectivity index is 2.15. The van der Waals surface area contributed by atoms with Crippen LogP contribution in [0, 0.1) is 0 Å². The van der Waals surface area contributed by atoms with E-state index in [2.05, 4.69) is 16.0 Å². The molecular weight excluding hydrogens is 242 g/mol. The molecule has 3 N–H and O–H groups in total. The highest BCUT2D eigenvalue weighted by atomic mass is 16.5. The van der Waals surface area contributed by atoms with Crippen LogP contribution in [-0.4, -0.2) is 38.8 Å². The number of nitrogens with one attached hydrogen (secondary N) is 3. The van der Waals surface area contributed by atoms with Crippen LogP contribution >= 0.6 is 0 Å². The largest absolute Gasteiger partial charge is 0.383 e. The van der Waals surface area contributed by atoms with Crippen molar-refractivity contribution < 1.29 is 9.53 Å². The number of methoxy groups -OCH3 is 1. The van der Waals surface area contributed by atoms with Crippen molar-refractivity contribution in [2.45, 2.75) is 19.4 Å². The molecule has 1 aliphatic heterocycles. The molecular formula is C14H21N3O2. The molecule has 0 aromatic heterocycles. The van der Waals surface area contributed by atoms with Gasteiger partial charge < -0.3 is 20.7 Å². The van der Waals surface area contributed by atoms with Crippen LogP contribution in [0.25, 0.3) is 0 Å². The molecule has 0 saturated carbocycles. The average Bonchev–Trinajstić information content (AvgIpc) is 2.46. The van der Waals surface area contributed by atoms with E-state index in [1.807, 2.05) is 25.1 Å². The molecule has 5 nitrogen and oxygen atoms in total. The molecule has 1 unspecified atom stereocenters. The minimum absolute atomic E-state index is 0.0462. The second-order valence-electron chi connectivity index (χ2n) is 4.62. The van der Waals surface area contributed by atoms with Crippen molar-refractivity contribution in [3.05, 3.63) is 23.8 Å².